The second-order valence-electron chi connectivity index (χ2n) is 5.88. The monoisotopic (exact) mass is 347 g/mol. The summed E-state index contributed by atoms with van der Waals surface area (Å²) in [6.07, 6.45) is 8.19. The van der Waals surface area contributed by atoms with Crippen LogP contribution in [0.1, 0.15) is 41.7 Å². The predicted octanol–water partition coefficient (Wildman–Crippen LogP) is 4.29. The van der Waals surface area contributed by atoms with Crippen molar-refractivity contribution in [2.24, 2.45) is 0 Å². The van der Waals surface area contributed by atoms with Gasteiger partial charge in [-0.05, 0) is 58.3 Å². The molecule has 1 amide bonds. The summed E-state index contributed by atoms with van der Waals surface area (Å²) in [5.41, 5.74) is 2.11. The summed E-state index contributed by atoms with van der Waals surface area (Å²) in [5, 5.41) is 15.2. The van der Waals surface area contributed by atoms with E-state index < -0.39 is 0 Å². The van der Waals surface area contributed by atoms with Crippen molar-refractivity contribution in [3.8, 4) is 0 Å². The lowest BCUT2D eigenvalue weighted by molar-refractivity contribution is -0.128. The minimum Gasteiger partial charge on any atom is -0.392 e. The third-order valence-corrected chi connectivity index (χ3v) is 5.91. The van der Waals surface area contributed by atoms with Crippen molar-refractivity contribution in [3.05, 3.63) is 50.4 Å². The quantitative estimate of drug-likeness (QED) is 0.792. The number of amides is 1. The molecule has 0 radical (unpaired) electrons. The van der Waals surface area contributed by atoms with Gasteiger partial charge in [0.2, 0.25) is 5.91 Å². The average molecular weight is 348 g/mol. The molecule has 23 heavy (non-hydrogen) atoms. The first-order valence-electron chi connectivity index (χ1n) is 7.94. The van der Waals surface area contributed by atoms with Gasteiger partial charge in [0.25, 0.3) is 0 Å². The number of aliphatic hydroxyl groups is 1. The number of aliphatic hydroxyl groups excluding tert-OH is 1. The molecular formula is C18H21NO2S2. The van der Waals surface area contributed by atoms with Crippen LogP contribution in [0.5, 0.6) is 0 Å². The second kappa shape index (κ2) is 7.90. The van der Waals surface area contributed by atoms with Gasteiger partial charge in [-0.15, -0.1) is 11.3 Å². The van der Waals surface area contributed by atoms with Crippen LogP contribution < -0.4 is 0 Å². The summed E-state index contributed by atoms with van der Waals surface area (Å²) in [6, 6.07) is 4.38. The third kappa shape index (κ3) is 4.31. The highest BCUT2D eigenvalue weighted by Gasteiger charge is 2.25. The first-order valence-corrected chi connectivity index (χ1v) is 9.76. The minimum atomic E-state index is 0.0463. The molecule has 122 valence electrons. The molecule has 1 fully saturated rings. The number of carbonyl (C=O) groups excluding carboxylic acids is 1. The lowest BCUT2D eigenvalue weighted by Crippen LogP contribution is -2.37. The van der Waals surface area contributed by atoms with Gasteiger partial charge in [-0.2, -0.15) is 11.3 Å². The Labute approximate surface area is 144 Å². The number of hydrogen-bond donors (Lipinski definition) is 1. The van der Waals surface area contributed by atoms with E-state index in [2.05, 4.69) is 16.8 Å². The van der Waals surface area contributed by atoms with Crippen molar-refractivity contribution in [2.75, 3.05) is 0 Å². The molecule has 3 rings (SSSR count). The number of hydrogen-bond acceptors (Lipinski definition) is 4. The van der Waals surface area contributed by atoms with Gasteiger partial charge in [-0.3, -0.25) is 4.79 Å². The zero-order chi connectivity index (χ0) is 16.1. The Hall–Kier alpha value is -1.43. The van der Waals surface area contributed by atoms with Crippen molar-refractivity contribution in [1.29, 1.82) is 0 Å². The highest BCUT2D eigenvalue weighted by Crippen LogP contribution is 2.26. The van der Waals surface area contributed by atoms with E-state index in [0.29, 0.717) is 12.6 Å². The standard InChI is InChI=1S/C18H21NO2S2/c20-11-15-9-17(23-13-15)5-6-18(21)19(16-3-1-2-4-16)10-14-7-8-22-12-14/h5-9,12-13,16,20H,1-4,10-11H2/b6-5+. The fourth-order valence-electron chi connectivity index (χ4n) is 3.00. The van der Waals surface area contributed by atoms with Crippen LogP contribution in [0, 0.1) is 0 Å². The normalized spacial score (nSPS) is 15.5. The van der Waals surface area contributed by atoms with E-state index in [9.17, 15) is 4.79 Å². The molecule has 2 heterocycles. The Morgan fingerprint density at radius 3 is 2.78 bits per heavy atom. The van der Waals surface area contributed by atoms with Gasteiger partial charge in [0.15, 0.2) is 0 Å². The highest BCUT2D eigenvalue weighted by molar-refractivity contribution is 7.11. The molecule has 0 aliphatic heterocycles. The fraction of sp³-hybridized carbons (Fsp3) is 0.389. The lowest BCUT2D eigenvalue weighted by Gasteiger charge is -2.27. The Kier molecular flexibility index (Phi) is 5.65. The SMILES string of the molecule is O=C(/C=C/c1cc(CO)cs1)N(Cc1ccsc1)C1CCCC1. The third-order valence-electron chi connectivity index (χ3n) is 4.23. The topological polar surface area (TPSA) is 40.5 Å². The van der Waals surface area contributed by atoms with Crippen LogP contribution in [0.3, 0.4) is 0 Å². The highest BCUT2D eigenvalue weighted by atomic mass is 32.1. The lowest BCUT2D eigenvalue weighted by atomic mass is 10.1. The zero-order valence-corrected chi connectivity index (χ0v) is 14.6. The molecule has 1 aliphatic carbocycles. The van der Waals surface area contributed by atoms with E-state index >= 15 is 0 Å². The Balaban J connectivity index is 1.71. The Bertz CT molecular complexity index is 654. The Morgan fingerprint density at radius 2 is 2.13 bits per heavy atom. The number of thiophene rings is 2. The molecule has 3 nitrogen and oxygen atoms in total. The Morgan fingerprint density at radius 1 is 1.30 bits per heavy atom. The molecule has 0 atom stereocenters. The van der Waals surface area contributed by atoms with Gasteiger partial charge >= 0.3 is 0 Å². The second-order valence-corrected chi connectivity index (χ2v) is 7.61. The zero-order valence-electron chi connectivity index (χ0n) is 13.0. The minimum absolute atomic E-state index is 0.0463. The van der Waals surface area contributed by atoms with Gasteiger partial charge in [0.1, 0.15) is 0 Å². The van der Waals surface area contributed by atoms with Crippen LogP contribution in [-0.2, 0) is 17.9 Å². The van der Waals surface area contributed by atoms with Crippen molar-refractivity contribution >= 4 is 34.7 Å². The number of nitrogens with zero attached hydrogens (tertiary/aromatic N) is 1. The maximum absolute atomic E-state index is 12.7. The van der Waals surface area contributed by atoms with Gasteiger partial charge in [-0.25, -0.2) is 0 Å². The maximum atomic E-state index is 12.7. The van der Waals surface area contributed by atoms with Crippen LogP contribution in [0.25, 0.3) is 6.08 Å². The van der Waals surface area contributed by atoms with E-state index in [4.69, 9.17) is 5.11 Å². The molecule has 0 saturated heterocycles. The van der Waals surface area contributed by atoms with E-state index in [1.54, 1.807) is 28.7 Å². The van der Waals surface area contributed by atoms with Crippen molar-refractivity contribution in [2.45, 2.75) is 44.9 Å². The van der Waals surface area contributed by atoms with Crippen LogP contribution in [-0.4, -0.2) is 22.0 Å². The summed E-state index contributed by atoms with van der Waals surface area (Å²) in [4.78, 5) is 15.7. The molecule has 1 saturated carbocycles. The van der Waals surface area contributed by atoms with Crippen LogP contribution in [0.2, 0.25) is 0 Å². The molecule has 0 bridgehead atoms. The van der Waals surface area contributed by atoms with Crippen molar-refractivity contribution < 1.29 is 9.90 Å². The molecule has 0 aromatic carbocycles. The smallest absolute Gasteiger partial charge is 0.247 e. The molecule has 0 spiro atoms. The summed E-state index contributed by atoms with van der Waals surface area (Å²) in [6.45, 7) is 0.744. The molecule has 1 N–H and O–H groups in total. The molecule has 1 aliphatic rings. The van der Waals surface area contributed by atoms with Gasteiger partial charge < -0.3 is 10.0 Å². The number of carbonyl (C=O) groups is 1. The largest absolute Gasteiger partial charge is 0.392 e. The molecule has 0 unspecified atom stereocenters. The van der Waals surface area contributed by atoms with Crippen LogP contribution in [0.15, 0.2) is 34.3 Å². The molecule has 2 aromatic rings. The maximum Gasteiger partial charge on any atom is 0.247 e. The van der Waals surface area contributed by atoms with E-state index in [-0.39, 0.29) is 12.5 Å². The molecule has 2 aromatic heterocycles. The van der Waals surface area contributed by atoms with Crippen molar-refractivity contribution in [1.82, 2.24) is 4.90 Å². The van der Waals surface area contributed by atoms with Gasteiger partial charge in [-0.1, -0.05) is 12.8 Å². The van der Waals surface area contributed by atoms with E-state index in [1.807, 2.05) is 22.4 Å². The van der Waals surface area contributed by atoms with Crippen LogP contribution >= 0.6 is 22.7 Å². The van der Waals surface area contributed by atoms with Crippen LogP contribution in [0.4, 0.5) is 0 Å². The first kappa shape index (κ1) is 16.4. The summed E-state index contributed by atoms with van der Waals surface area (Å²) in [5.74, 6) is 0.0852. The van der Waals surface area contributed by atoms with E-state index in [1.165, 1.54) is 18.4 Å². The predicted molar refractivity (Wildman–Crippen MR) is 96.4 cm³/mol. The molecular weight excluding hydrogens is 326 g/mol. The van der Waals surface area contributed by atoms with Gasteiger partial charge in [0.05, 0.1) is 6.61 Å². The summed E-state index contributed by atoms with van der Waals surface area (Å²) >= 11 is 3.22. The summed E-state index contributed by atoms with van der Waals surface area (Å²) < 4.78 is 0. The summed E-state index contributed by atoms with van der Waals surface area (Å²) in [7, 11) is 0. The van der Waals surface area contributed by atoms with Gasteiger partial charge in [0, 0.05) is 23.5 Å². The number of rotatable bonds is 6. The average Bonchev–Trinajstić information content (AvgIpc) is 3.32. The van der Waals surface area contributed by atoms with E-state index in [0.717, 1.165) is 23.3 Å². The molecule has 5 heteroatoms. The fourth-order valence-corrected chi connectivity index (χ4v) is 4.45. The van der Waals surface area contributed by atoms with Crippen molar-refractivity contribution in [3.63, 3.8) is 0 Å². The first-order chi connectivity index (χ1) is 11.3.